The molecule has 0 saturated carbocycles. The molecule has 1 aromatic rings. The highest BCUT2D eigenvalue weighted by Crippen LogP contribution is 2.19. The Labute approximate surface area is 137 Å². The molecule has 1 saturated heterocycles. The van der Waals surface area contributed by atoms with Crippen molar-refractivity contribution in [3.05, 3.63) is 27.3 Å². The molecule has 3 N–H and O–H groups in total. The highest BCUT2D eigenvalue weighted by Gasteiger charge is 2.16. The summed E-state index contributed by atoms with van der Waals surface area (Å²) in [7, 11) is 0. The fraction of sp³-hybridized carbons (Fsp3) is 0.429. The second-order valence-electron chi connectivity index (χ2n) is 4.92. The Hall–Kier alpha value is -1.19. The van der Waals surface area contributed by atoms with Crippen molar-refractivity contribution < 1.29 is 14.7 Å². The zero-order valence-corrected chi connectivity index (χ0v) is 13.7. The molecule has 0 radical (unpaired) electrons. The molecule has 1 amide bonds. The van der Waals surface area contributed by atoms with E-state index < -0.39 is 5.97 Å². The maximum Gasteiger partial charge on any atom is 0.337 e. The van der Waals surface area contributed by atoms with Crippen LogP contribution in [0, 0.1) is 3.57 Å². The Kier molecular flexibility index (Phi) is 5.95. The number of carboxylic acid groups (broad SMARTS) is 1. The fourth-order valence-corrected chi connectivity index (χ4v) is 2.75. The lowest BCUT2D eigenvalue weighted by molar-refractivity contribution is -0.117. The van der Waals surface area contributed by atoms with E-state index in [2.05, 4.69) is 15.5 Å². The van der Waals surface area contributed by atoms with Gasteiger partial charge in [0.2, 0.25) is 5.91 Å². The number of amides is 1. The average molecular weight is 403 g/mol. The van der Waals surface area contributed by atoms with Crippen molar-refractivity contribution in [3.8, 4) is 0 Å². The molecule has 2 rings (SSSR count). The molecule has 21 heavy (non-hydrogen) atoms. The molecule has 1 aromatic carbocycles. The van der Waals surface area contributed by atoms with Gasteiger partial charge in [0.1, 0.15) is 0 Å². The number of nitrogens with one attached hydrogen (secondary N) is 2. The SMILES string of the molecule is O=C(CN1CCCNCC1)Nc1ccc(I)cc1C(=O)O. The van der Waals surface area contributed by atoms with Gasteiger partial charge in [-0.1, -0.05) is 0 Å². The van der Waals surface area contributed by atoms with Crippen LogP contribution in [-0.4, -0.2) is 54.6 Å². The van der Waals surface area contributed by atoms with Crippen LogP contribution in [0.1, 0.15) is 16.8 Å². The number of halogens is 1. The number of hydrogen-bond acceptors (Lipinski definition) is 4. The van der Waals surface area contributed by atoms with Gasteiger partial charge in [0.05, 0.1) is 17.8 Å². The van der Waals surface area contributed by atoms with Crippen LogP contribution in [0.2, 0.25) is 0 Å². The maximum absolute atomic E-state index is 12.1. The van der Waals surface area contributed by atoms with Crippen molar-refractivity contribution in [2.45, 2.75) is 6.42 Å². The number of rotatable bonds is 4. The zero-order chi connectivity index (χ0) is 15.2. The summed E-state index contributed by atoms with van der Waals surface area (Å²) in [5.74, 6) is -1.22. The molecule has 0 aromatic heterocycles. The molecule has 1 aliphatic heterocycles. The summed E-state index contributed by atoms with van der Waals surface area (Å²) in [5.41, 5.74) is 0.466. The van der Waals surface area contributed by atoms with Crippen molar-refractivity contribution in [1.29, 1.82) is 0 Å². The van der Waals surface area contributed by atoms with E-state index in [0.717, 1.165) is 36.2 Å². The highest BCUT2D eigenvalue weighted by atomic mass is 127. The van der Waals surface area contributed by atoms with E-state index in [0.29, 0.717) is 5.69 Å². The van der Waals surface area contributed by atoms with E-state index in [9.17, 15) is 14.7 Å². The number of nitrogens with zero attached hydrogens (tertiary/aromatic N) is 1. The first-order valence-corrected chi connectivity index (χ1v) is 7.90. The summed E-state index contributed by atoms with van der Waals surface area (Å²) < 4.78 is 0.821. The number of benzene rings is 1. The number of hydrogen-bond donors (Lipinski definition) is 3. The summed E-state index contributed by atoms with van der Waals surface area (Å²) in [6.07, 6.45) is 1.01. The number of carbonyl (C=O) groups excluding carboxylic acids is 1. The summed E-state index contributed by atoms with van der Waals surface area (Å²) in [4.78, 5) is 25.4. The van der Waals surface area contributed by atoms with Crippen LogP contribution in [0.5, 0.6) is 0 Å². The lowest BCUT2D eigenvalue weighted by Gasteiger charge is -2.19. The molecule has 0 unspecified atom stereocenters. The monoisotopic (exact) mass is 403 g/mol. The molecular weight excluding hydrogens is 385 g/mol. The first-order valence-electron chi connectivity index (χ1n) is 6.82. The summed E-state index contributed by atoms with van der Waals surface area (Å²) in [6, 6.07) is 4.96. The van der Waals surface area contributed by atoms with Gasteiger partial charge >= 0.3 is 5.97 Å². The van der Waals surface area contributed by atoms with E-state index in [1.165, 1.54) is 0 Å². The Morgan fingerprint density at radius 3 is 2.90 bits per heavy atom. The number of anilines is 1. The molecule has 1 fully saturated rings. The van der Waals surface area contributed by atoms with Crippen LogP contribution < -0.4 is 10.6 Å². The Balaban J connectivity index is 2.00. The van der Waals surface area contributed by atoms with Gasteiger partial charge in [-0.15, -0.1) is 0 Å². The second-order valence-corrected chi connectivity index (χ2v) is 6.17. The van der Waals surface area contributed by atoms with Crippen LogP contribution in [0.15, 0.2) is 18.2 Å². The summed E-state index contributed by atoms with van der Waals surface area (Å²) in [6.45, 7) is 3.83. The van der Waals surface area contributed by atoms with Crippen LogP contribution in [0.25, 0.3) is 0 Å². The van der Waals surface area contributed by atoms with Crippen LogP contribution >= 0.6 is 22.6 Å². The predicted molar refractivity (Wildman–Crippen MR) is 88.7 cm³/mol. The minimum absolute atomic E-state index is 0.118. The van der Waals surface area contributed by atoms with Crippen molar-refractivity contribution in [3.63, 3.8) is 0 Å². The quantitative estimate of drug-likeness (QED) is 0.659. The second kappa shape index (κ2) is 7.71. The van der Waals surface area contributed by atoms with Gasteiger partial charge in [0.15, 0.2) is 0 Å². The van der Waals surface area contributed by atoms with E-state index in [1.807, 2.05) is 22.6 Å². The van der Waals surface area contributed by atoms with E-state index >= 15 is 0 Å². The minimum atomic E-state index is -1.04. The van der Waals surface area contributed by atoms with Crippen molar-refractivity contribution in [2.24, 2.45) is 0 Å². The molecule has 0 atom stereocenters. The molecular formula is C14H18IN3O3. The standard InChI is InChI=1S/C14H18IN3O3/c15-10-2-3-12(11(8-10)14(20)21)17-13(19)9-18-6-1-4-16-5-7-18/h2-3,8,16H,1,4-7,9H2,(H,17,19)(H,20,21). The minimum Gasteiger partial charge on any atom is -0.478 e. The average Bonchev–Trinajstić information content (AvgIpc) is 2.69. The van der Waals surface area contributed by atoms with Gasteiger partial charge in [-0.05, 0) is 60.3 Å². The molecule has 1 heterocycles. The third-order valence-corrected chi connectivity index (χ3v) is 3.96. The fourth-order valence-electron chi connectivity index (χ4n) is 2.25. The van der Waals surface area contributed by atoms with Crippen LogP contribution in [0.3, 0.4) is 0 Å². The summed E-state index contributed by atoms with van der Waals surface area (Å²) in [5, 5.41) is 15.2. The van der Waals surface area contributed by atoms with E-state index in [-0.39, 0.29) is 18.0 Å². The van der Waals surface area contributed by atoms with Gasteiger partial charge in [0, 0.05) is 16.7 Å². The molecule has 0 spiro atoms. The topological polar surface area (TPSA) is 81.7 Å². The zero-order valence-electron chi connectivity index (χ0n) is 11.6. The van der Waals surface area contributed by atoms with Crippen molar-refractivity contribution in [2.75, 3.05) is 38.0 Å². The molecule has 7 heteroatoms. The molecule has 1 aliphatic rings. The number of carbonyl (C=O) groups is 2. The number of aromatic carboxylic acids is 1. The number of carboxylic acids is 1. The van der Waals surface area contributed by atoms with Gasteiger partial charge in [-0.3, -0.25) is 9.69 Å². The Morgan fingerprint density at radius 1 is 1.33 bits per heavy atom. The van der Waals surface area contributed by atoms with Crippen molar-refractivity contribution >= 4 is 40.2 Å². The highest BCUT2D eigenvalue weighted by molar-refractivity contribution is 14.1. The first kappa shape index (κ1) is 16.2. The molecule has 0 bridgehead atoms. The first-order chi connectivity index (χ1) is 10.1. The van der Waals surface area contributed by atoms with Gasteiger partial charge in [-0.2, -0.15) is 0 Å². The molecule has 0 aliphatic carbocycles. The molecule has 6 nitrogen and oxygen atoms in total. The normalized spacial score (nSPS) is 16.2. The third-order valence-electron chi connectivity index (χ3n) is 3.29. The third kappa shape index (κ3) is 4.94. The maximum atomic E-state index is 12.1. The smallest absolute Gasteiger partial charge is 0.337 e. The Bertz CT molecular complexity index is 528. The van der Waals surface area contributed by atoms with Crippen LogP contribution in [0.4, 0.5) is 5.69 Å². The van der Waals surface area contributed by atoms with E-state index in [4.69, 9.17) is 0 Å². The lowest BCUT2D eigenvalue weighted by atomic mass is 10.2. The summed E-state index contributed by atoms with van der Waals surface area (Å²) >= 11 is 2.05. The lowest BCUT2D eigenvalue weighted by Crippen LogP contribution is -2.35. The van der Waals surface area contributed by atoms with Crippen molar-refractivity contribution in [1.82, 2.24) is 10.2 Å². The van der Waals surface area contributed by atoms with Crippen LogP contribution in [-0.2, 0) is 4.79 Å². The van der Waals surface area contributed by atoms with E-state index in [1.54, 1.807) is 18.2 Å². The Morgan fingerprint density at radius 2 is 2.14 bits per heavy atom. The van der Waals surface area contributed by atoms with Gasteiger partial charge < -0.3 is 15.7 Å². The van der Waals surface area contributed by atoms with Gasteiger partial charge in [-0.25, -0.2) is 4.79 Å². The molecule has 114 valence electrons. The predicted octanol–water partition coefficient (Wildman–Crippen LogP) is 1.22. The largest absolute Gasteiger partial charge is 0.478 e. The van der Waals surface area contributed by atoms with Gasteiger partial charge in [0.25, 0.3) is 0 Å².